The number of benzene rings is 1. The van der Waals surface area contributed by atoms with E-state index >= 15 is 0 Å². The first-order valence-electron chi connectivity index (χ1n) is 6.78. The molecule has 0 unspecified atom stereocenters. The number of aromatic nitrogens is 2. The van der Waals surface area contributed by atoms with Crippen LogP contribution < -0.4 is 10.6 Å². The summed E-state index contributed by atoms with van der Waals surface area (Å²) in [6.07, 6.45) is 3.84. The Morgan fingerprint density at radius 1 is 1.45 bits per heavy atom. The molecule has 3 N–H and O–H groups in total. The van der Waals surface area contributed by atoms with E-state index in [0.717, 1.165) is 10.9 Å². The van der Waals surface area contributed by atoms with E-state index < -0.39 is 11.8 Å². The number of nitrogens with one attached hydrogen (secondary N) is 3. The van der Waals surface area contributed by atoms with Crippen LogP contribution in [0.15, 0.2) is 36.2 Å². The molecule has 1 aromatic heterocycles. The molecule has 2 aromatic rings. The summed E-state index contributed by atoms with van der Waals surface area (Å²) in [4.78, 5) is 23.1. The molecule has 1 aromatic carbocycles. The van der Waals surface area contributed by atoms with Crippen molar-refractivity contribution in [3.63, 3.8) is 0 Å². The van der Waals surface area contributed by atoms with Crippen LogP contribution in [0.2, 0.25) is 0 Å². The van der Waals surface area contributed by atoms with E-state index in [1.165, 1.54) is 6.20 Å². The Bertz CT molecular complexity index is 770. The van der Waals surface area contributed by atoms with E-state index in [4.69, 9.17) is 5.26 Å². The van der Waals surface area contributed by atoms with Crippen LogP contribution in [0, 0.1) is 11.3 Å². The number of amides is 2. The van der Waals surface area contributed by atoms with Crippen LogP contribution in [-0.2, 0) is 9.59 Å². The first-order chi connectivity index (χ1) is 10.6. The Labute approximate surface area is 127 Å². The third kappa shape index (κ3) is 3.70. The van der Waals surface area contributed by atoms with Crippen molar-refractivity contribution in [1.29, 1.82) is 5.26 Å². The maximum atomic E-state index is 11.8. The fourth-order valence-corrected chi connectivity index (χ4v) is 1.81. The van der Waals surface area contributed by atoms with Gasteiger partial charge in [-0.15, -0.1) is 0 Å². The molecule has 7 nitrogen and oxygen atoms in total. The maximum absolute atomic E-state index is 11.8. The summed E-state index contributed by atoms with van der Waals surface area (Å²) in [7, 11) is 0. The summed E-state index contributed by atoms with van der Waals surface area (Å²) in [5.74, 6) is -1.11. The molecule has 0 atom stereocenters. The summed E-state index contributed by atoms with van der Waals surface area (Å²) in [6, 6.07) is 7.21. The Hall–Kier alpha value is -3.14. The summed E-state index contributed by atoms with van der Waals surface area (Å²) in [5, 5.41) is 21.7. The van der Waals surface area contributed by atoms with Crippen molar-refractivity contribution in [2.75, 3.05) is 5.32 Å². The van der Waals surface area contributed by atoms with Crippen LogP contribution in [0.5, 0.6) is 0 Å². The van der Waals surface area contributed by atoms with Crippen LogP contribution in [-0.4, -0.2) is 22.0 Å². The Morgan fingerprint density at radius 2 is 2.27 bits per heavy atom. The number of H-pyrrole nitrogens is 1. The lowest BCUT2D eigenvalue weighted by molar-refractivity contribution is -0.128. The lowest BCUT2D eigenvalue weighted by Crippen LogP contribution is -2.31. The minimum atomic E-state index is -0.712. The van der Waals surface area contributed by atoms with Gasteiger partial charge in [-0.3, -0.25) is 20.0 Å². The highest BCUT2D eigenvalue weighted by Crippen LogP contribution is 2.16. The van der Waals surface area contributed by atoms with Gasteiger partial charge in [0, 0.05) is 23.7 Å². The molecule has 22 heavy (non-hydrogen) atoms. The zero-order valence-corrected chi connectivity index (χ0v) is 12.0. The van der Waals surface area contributed by atoms with Crippen molar-refractivity contribution in [2.45, 2.75) is 19.8 Å². The minimum absolute atomic E-state index is 0.172. The van der Waals surface area contributed by atoms with Crippen molar-refractivity contribution < 1.29 is 9.59 Å². The fraction of sp³-hybridized carbons (Fsp3) is 0.200. The molecule has 0 saturated carbocycles. The number of hydrogen-bond acceptors (Lipinski definition) is 5. The molecular weight excluding hydrogens is 282 g/mol. The van der Waals surface area contributed by atoms with Gasteiger partial charge in [0.15, 0.2) is 0 Å². The van der Waals surface area contributed by atoms with Crippen LogP contribution in [0.3, 0.4) is 0 Å². The molecule has 0 aliphatic heterocycles. The number of carbonyl (C=O) groups is 2. The Kier molecular flexibility index (Phi) is 4.88. The van der Waals surface area contributed by atoms with E-state index in [9.17, 15) is 9.59 Å². The number of anilines is 1. The van der Waals surface area contributed by atoms with E-state index in [2.05, 4.69) is 20.8 Å². The van der Waals surface area contributed by atoms with E-state index in [0.29, 0.717) is 12.1 Å². The smallest absolute Gasteiger partial charge is 0.269 e. The van der Waals surface area contributed by atoms with Crippen LogP contribution >= 0.6 is 0 Å². The molecule has 0 saturated heterocycles. The standard InChI is InChI=1S/C15H15N5O2/c1-2-3-14(21)19-15(22)11(7-16)8-17-12-5-4-10-9-18-20-13(10)6-12/h4-6,8-9,17H,2-3H2,1H3,(H,18,20)(H,19,21,22)/b11-8-. The quantitative estimate of drug-likeness (QED) is 0.576. The number of hydrogen-bond donors (Lipinski definition) is 3. The Balaban J connectivity index is 2.07. The molecule has 2 rings (SSSR count). The topological polar surface area (TPSA) is 111 Å². The minimum Gasteiger partial charge on any atom is -0.360 e. The molecule has 112 valence electrons. The van der Waals surface area contributed by atoms with Gasteiger partial charge in [-0.05, 0) is 24.6 Å². The predicted molar refractivity (Wildman–Crippen MR) is 81.5 cm³/mol. The van der Waals surface area contributed by atoms with Crippen molar-refractivity contribution >= 4 is 28.4 Å². The van der Waals surface area contributed by atoms with Crippen LogP contribution in [0.1, 0.15) is 19.8 Å². The summed E-state index contributed by atoms with van der Waals surface area (Å²) >= 11 is 0. The monoisotopic (exact) mass is 297 g/mol. The van der Waals surface area contributed by atoms with Crippen molar-refractivity contribution in [3.8, 4) is 6.07 Å². The predicted octanol–water partition coefficient (Wildman–Crippen LogP) is 1.83. The molecule has 7 heteroatoms. The highest BCUT2D eigenvalue weighted by Gasteiger charge is 2.12. The van der Waals surface area contributed by atoms with Gasteiger partial charge >= 0.3 is 0 Å². The average molecular weight is 297 g/mol. The van der Waals surface area contributed by atoms with E-state index in [1.807, 2.05) is 13.0 Å². The van der Waals surface area contributed by atoms with Crippen molar-refractivity contribution in [3.05, 3.63) is 36.2 Å². The van der Waals surface area contributed by atoms with Gasteiger partial charge in [0.1, 0.15) is 11.6 Å². The summed E-state index contributed by atoms with van der Waals surface area (Å²) in [5.41, 5.74) is 1.35. The number of fused-ring (bicyclic) bond motifs is 1. The number of carbonyl (C=O) groups excluding carboxylic acids is 2. The highest BCUT2D eigenvalue weighted by molar-refractivity contribution is 6.06. The largest absolute Gasteiger partial charge is 0.360 e. The van der Waals surface area contributed by atoms with Crippen LogP contribution in [0.25, 0.3) is 10.9 Å². The van der Waals surface area contributed by atoms with Gasteiger partial charge in [0.05, 0.1) is 11.7 Å². The van der Waals surface area contributed by atoms with Gasteiger partial charge in [-0.2, -0.15) is 10.4 Å². The zero-order chi connectivity index (χ0) is 15.9. The van der Waals surface area contributed by atoms with E-state index in [-0.39, 0.29) is 12.0 Å². The molecule has 0 radical (unpaired) electrons. The molecule has 1 heterocycles. The maximum Gasteiger partial charge on any atom is 0.269 e. The lowest BCUT2D eigenvalue weighted by Gasteiger charge is -2.04. The van der Waals surface area contributed by atoms with Crippen molar-refractivity contribution in [1.82, 2.24) is 15.5 Å². The first-order valence-corrected chi connectivity index (χ1v) is 6.78. The number of nitrogens with zero attached hydrogens (tertiary/aromatic N) is 2. The second-order valence-electron chi connectivity index (χ2n) is 4.61. The molecule has 0 bridgehead atoms. The third-order valence-corrected chi connectivity index (χ3v) is 2.92. The van der Waals surface area contributed by atoms with Gasteiger partial charge in [0.25, 0.3) is 5.91 Å². The van der Waals surface area contributed by atoms with Gasteiger partial charge in [-0.25, -0.2) is 0 Å². The van der Waals surface area contributed by atoms with Gasteiger partial charge in [-0.1, -0.05) is 6.92 Å². The molecule has 0 fully saturated rings. The molecule has 0 spiro atoms. The first kappa shape index (κ1) is 15.3. The fourth-order valence-electron chi connectivity index (χ4n) is 1.81. The number of imide groups is 1. The molecule has 0 aliphatic rings. The zero-order valence-electron chi connectivity index (χ0n) is 12.0. The van der Waals surface area contributed by atoms with Gasteiger partial charge in [0.2, 0.25) is 5.91 Å². The summed E-state index contributed by atoms with van der Waals surface area (Å²) in [6.45, 7) is 1.83. The molecular formula is C15H15N5O2. The third-order valence-electron chi connectivity index (χ3n) is 2.92. The van der Waals surface area contributed by atoms with E-state index in [1.54, 1.807) is 24.4 Å². The average Bonchev–Trinajstić information content (AvgIpc) is 2.95. The second kappa shape index (κ2) is 7.04. The second-order valence-corrected chi connectivity index (χ2v) is 4.61. The Morgan fingerprint density at radius 3 is 3.00 bits per heavy atom. The SMILES string of the molecule is CCCC(=O)NC(=O)/C(C#N)=C\Nc1ccc2cn[nH]c2c1. The van der Waals surface area contributed by atoms with Crippen molar-refractivity contribution in [2.24, 2.45) is 0 Å². The lowest BCUT2D eigenvalue weighted by atomic mass is 10.2. The highest BCUT2D eigenvalue weighted by atomic mass is 16.2. The number of aromatic amines is 1. The molecule has 0 aliphatic carbocycles. The molecule has 2 amide bonds. The summed E-state index contributed by atoms with van der Waals surface area (Å²) < 4.78 is 0. The number of rotatable bonds is 5. The van der Waals surface area contributed by atoms with Crippen LogP contribution in [0.4, 0.5) is 5.69 Å². The van der Waals surface area contributed by atoms with Gasteiger partial charge < -0.3 is 5.32 Å². The normalized spacial score (nSPS) is 11.0. The number of nitriles is 1.